The lowest BCUT2D eigenvalue weighted by Gasteiger charge is -2.33. The topological polar surface area (TPSA) is 123 Å². The molecule has 4 rings (SSSR count). The number of hydrogen-bond acceptors (Lipinski definition) is 6. The SMILES string of the molecule is CN(C(=O)/C=C/C(C)(C)C)C(Cc1ccc2ccccc2c1)C(=O)N(C)C(Cc1ccccc1)c1nnc(C(N)=O)o1. The molecular weight excluding hydrogens is 530 g/mol. The Morgan fingerprint density at radius 1 is 0.857 bits per heavy atom. The lowest BCUT2D eigenvalue weighted by atomic mass is 9.96. The first-order valence-corrected chi connectivity index (χ1v) is 13.8. The summed E-state index contributed by atoms with van der Waals surface area (Å²) in [5, 5.41) is 9.95. The Labute approximate surface area is 246 Å². The van der Waals surface area contributed by atoms with E-state index in [1.807, 2.05) is 99.6 Å². The molecule has 4 aromatic rings. The number of allylic oxidation sites excluding steroid dienone is 1. The van der Waals surface area contributed by atoms with Crippen molar-refractivity contribution in [1.29, 1.82) is 0 Å². The van der Waals surface area contributed by atoms with Crippen LogP contribution in [0.15, 0.2) is 89.4 Å². The van der Waals surface area contributed by atoms with Crippen molar-refractivity contribution < 1.29 is 18.8 Å². The Kier molecular flexibility index (Phi) is 9.20. The molecule has 0 aliphatic rings. The van der Waals surface area contributed by atoms with Gasteiger partial charge in [-0.25, -0.2) is 0 Å². The molecule has 3 aromatic carbocycles. The molecule has 2 unspecified atom stereocenters. The number of aromatic nitrogens is 2. The van der Waals surface area contributed by atoms with Gasteiger partial charge in [-0.15, -0.1) is 10.2 Å². The summed E-state index contributed by atoms with van der Waals surface area (Å²) in [5.74, 6) is -1.72. The smallest absolute Gasteiger partial charge is 0.306 e. The van der Waals surface area contributed by atoms with E-state index in [2.05, 4.69) is 10.2 Å². The third-order valence-corrected chi connectivity index (χ3v) is 7.09. The molecule has 9 heteroatoms. The van der Waals surface area contributed by atoms with E-state index in [1.54, 1.807) is 14.1 Å². The molecule has 3 amide bonds. The van der Waals surface area contributed by atoms with Gasteiger partial charge < -0.3 is 20.0 Å². The fourth-order valence-corrected chi connectivity index (χ4v) is 4.66. The van der Waals surface area contributed by atoms with Crippen molar-refractivity contribution in [1.82, 2.24) is 20.0 Å². The molecule has 0 saturated heterocycles. The molecule has 1 heterocycles. The van der Waals surface area contributed by atoms with Crippen LogP contribution < -0.4 is 5.73 Å². The maximum atomic E-state index is 14.3. The molecular formula is C33H37N5O4. The van der Waals surface area contributed by atoms with Gasteiger partial charge in [0.2, 0.25) is 17.7 Å². The van der Waals surface area contributed by atoms with Crippen LogP contribution in [0.5, 0.6) is 0 Å². The van der Waals surface area contributed by atoms with Gasteiger partial charge in [-0.3, -0.25) is 14.4 Å². The number of benzene rings is 3. The largest absolute Gasteiger partial charge is 0.415 e. The Balaban J connectivity index is 1.71. The van der Waals surface area contributed by atoms with E-state index < -0.39 is 18.0 Å². The van der Waals surface area contributed by atoms with Crippen LogP contribution >= 0.6 is 0 Å². The quantitative estimate of drug-likeness (QED) is 0.276. The van der Waals surface area contributed by atoms with Crippen LogP contribution in [0.2, 0.25) is 0 Å². The summed E-state index contributed by atoms with van der Waals surface area (Å²) in [6.45, 7) is 6.00. The minimum absolute atomic E-state index is 0.0783. The molecule has 2 N–H and O–H groups in total. The molecule has 0 fully saturated rings. The molecule has 0 spiro atoms. The third-order valence-electron chi connectivity index (χ3n) is 7.09. The molecule has 0 aliphatic heterocycles. The van der Waals surface area contributed by atoms with E-state index >= 15 is 0 Å². The molecule has 218 valence electrons. The molecule has 0 saturated carbocycles. The average molecular weight is 568 g/mol. The Morgan fingerprint density at radius 3 is 2.17 bits per heavy atom. The number of carbonyl (C=O) groups is 3. The van der Waals surface area contributed by atoms with Crippen LogP contribution in [0, 0.1) is 5.41 Å². The number of carbonyl (C=O) groups excluding carboxylic acids is 3. The first-order chi connectivity index (χ1) is 19.9. The lowest BCUT2D eigenvalue weighted by molar-refractivity contribution is -0.143. The van der Waals surface area contributed by atoms with Crippen LogP contribution in [0.1, 0.15) is 54.5 Å². The summed E-state index contributed by atoms with van der Waals surface area (Å²) in [5.41, 5.74) is 6.98. The summed E-state index contributed by atoms with van der Waals surface area (Å²) < 4.78 is 5.60. The fraction of sp³-hybridized carbons (Fsp3) is 0.303. The van der Waals surface area contributed by atoms with E-state index in [1.165, 1.54) is 15.9 Å². The predicted octanol–water partition coefficient (Wildman–Crippen LogP) is 4.74. The number of rotatable bonds is 10. The van der Waals surface area contributed by atoms with E-state index in [-0.39, 0.29) is 35.4 Å². The summed E-state index contributed by atoms with van der Waals surface area (Å²) in [4.78, 5) is 42.4. The molecule has 42 heavy (non-hydrogen) atoms. The average Bonchev–Trinajstić information content (AvgIpc) is 3.47. The molecule has 2 atom stereocenters. The van der Waals surface area contributed by atoms with Crippen molar-refractivity contribution in [2.45, 2.75) is 45.7 Å². The number of nitrogens with zero attached hydrogens (tertiary/aromatic N) is 4. The van der Waals surface area contributed by atoms with Crippen LogP contribution in [0.3, 0.4) is 0 Å². The highest BCUT2D eigenvalue weighted by atomic mass is 16.4. The van der Waals surface area contributed by atoms with Crippen LogP contribution in [-0.4, -0.2) is 57.9 Å². The van der Waals surface area contributed by atoms with Crippen LogP contribution in [-0.2, 0) is 22.4 Å². The first kappa shape index (κ1) is 30.2. The second-order valence-corrected chi connectivity index (χ2v) is 11.5. The van der Waals surface area contributed by atoms with E-state index in [0.717, 1.165) is 21.9 Å². The van der Waals surface area contributed by atoms with Gasteiger partial charge >= 0.3 is 11.8 Å². The normalized spacial score (nSPS) is 13.2. The zero-order valence-corrected chi connectivity index (χ0v) is 24.7. The second kappa shape index (κ2) is 12.8. The minimum atomic E-state index is -0.855. The van der Waals surface area contributed by atoms with Crippen molar-refractivity contribution in [2.24, 2.45) is 11.1 Å². The van der Waals surface area contributed by atoms with E-state index in [0.29, 0.717) is 6.42 Å². The molecule has 0 radical (unpaired) electrons. The summed E-state index contributed by atoms with van der Waals surface area (Å²) in [7, 11) is 3.28. The number of fused-ring (bicyclic) bond motifs is 1. The fourth-order valence-electron chi connectivity index (χ4n) is 4.66. The van der Waals surface area contributed by atoms with Crippen molar-refractivity contribution in [3.05, 3.63) is 108 Å². The zero-order chi connectivity index (χ0) is 30.4. The molecule has 9 nitrogen and oxygen atoms in total. The van der Waals surface area contributed by atoms with E-state index in [4.69, 9.17) is 10.2 Å². The van der Waals surface area contributed by atoms with Gasteiger partial charge in [0.1, 0.15) is 12.1 Å². The lowest BCUT2D eigenvalue weighted by Crippen LogP contribution is -2.50. The number of nitrogens with two attached hydrogens (primary N) is 1. The Bertz CT molecular complexity index is 1590. The van der Waals surface area contributed by atoms with Crippen LogP contribution in [0.25, 0.3) is 10.8 Å². The Morgan fingerprint density at radius 2 is 1.52 bits per heavy atom. The highest BCUT2D eigenvalue weighted by Crippen LogP contribution is 2.26. The van der Waals surface area contributed by atoms with Crippen molar-refractivity contribution in [2.75, 3.05) is 14.1 Å². The van der Waals surface area contributed by atoms with Gasteiger partial charge in [-0.05, 0) is 33.4 Å². The monoisotopic (exact) mass is 567 g/mol. The highest BCUT2D eigenvalue weighted by Gasteiger charge is 2.35. The number of primary amides is 1. The number of likely N-dealkylation sites (N-methyl/N-ethyl adjacent to an activating group) is 2. The van der Waals surface area contributed by atoms with Crippen molar-refractivity contribution in [3.63, 3.8) is 0 Å². The van der Waals surface area contributed by atoms with Gasteiger partial charge in [0.25, 0.3) is 0 Å². The van der Waals surface area contributed by atoms with Crippen molar-refractivity contribution >= 4 is 28.5 Å². The van der Waals surface area contributed by atoms with Gasteiger partial charge in [0.05, 0.1) is 0 Å². The van der Waals surface area contributed by atoms with Gasteiger partial charge in [-0.1, -0.05) is 99.6 Å². The second-order valence-electron chi connectivity index (χ2n) is 11.5. The molecule has 0 bridgehead atoms. The van der Waals surface area contributed by atoms with E-state index in [9.17, 15) is 14.4 Å². The maximum absolute atomic E-state index is 14.3. The van der Waals surface area contributed by atoms with Gasteiger partial charge in [0, 0.05) is 26.9 Å². The standard InChI is InChI=1S/C33H37N5O4/c1-33(2,3)18-17-28(39)37(4)27(21-23-15-16-24-13-9-10-14-25(24)19-23)32(41)38(5)26(20-22-11-7-6-8-12-22)30-35-36-31(42-30)29(34)40/h6-19,26-27H,20-21H2,1-5H3,(H2,34,40)/b18-17+. The van der Waals surface area contributed by atoms with Gasteiger partial charge in [0.15, 0.2) is 0 Å². The summed E-state index contributed by atoms with van der Waals surface area (Å²) >= 11 is 0. The highest BCUT2D eigenvalue weighted by molar-refractivity contribution is 5.93. The number of hydrogen-bond donors (Lipinski definition) is 1. The molecule has 0 aliphatic carbocycles. The minimum Gasteiger partial charge on any atom is -0.415 e. The third kappa shape index (κ3) is 7.48. The summed E-state index contributed by atoms with van der Waals surface area (Å²) in [6.07, 6.45) is 3.97. The first-order valence-electron chi connectivity index (χ1n) is 13.8. The predicted molar refractivity (Wildman–Crippen MR) is 161 cm³/mol. The maximum Gasteiger partial charge on any atom is 0.306 e. The Hall–Kier alpha value is -4.79. The van der Waals surface area contributed by atoms with Crippen LogP contribution in [0.4, 0.5) is 0 Å². The summed E-state index contributed by atoms with van der Waals surface area (Å²) in [6, 6.07) is 22.0. The molecule has 1 aromatic heterocycles. The number of amides is 3. The zero-order valence-electron chi connectivity index (χ0n) is 24.7. The van der Waals surface area contributed by atoms with Gasteiger partial charge in [-0.2, -0.15) is 0 Å². The van der Waals surface area contributed by atoms with Crippen molar-refractivity contribution in [3.8, 4) is 0 Å².